The van der Waals surface area contributed by atoms with Crippen LogP contribution in [0.25, 0.3) is 39.0 Å². The smallest absolute Gasteiger partial charge is 0.201 e. The van der Waals surface area contributed by atoms with E-state index < -0.39 is 0 Å². The first-order valence-electron chi connectivity index (χ1n) is 15.8. The van der Waals surface area contributed by atoms with Crippen molar-refractivity contribution in [2.24, 2.45) is 7.05 Å². The molecule has 2 atom stereocenters. The van der Waals surface area contributed by atoms with Gasteiger partial charge >= 0.3 is 0 Å². The largest absolute Gasteiger partial charge is 0.226 e. The van der Waals surface area contributed by atoms with Crippen LogP contribution in [0.1, 0.15) is 82.4 Å². The molecule has 2 heteroatoms. The van der Waals surface area contributed by atoms with Crippen LogP contribution >= 0.6 is 0 Å². The van der Waals surface area contributed by atoms with Gasteiger partial charge in [0.25, 0.3) is 0 Å². The Morgan fingerprint density at radius 2 is 1.50 bits per heavy atom. The van der Waals surface area contributed by atoms with Crippen LogP contribution in [0.15, 0.2) is 109 Å². The van der Waals surface area contributed by atoms with Crippen LogP contribution in [0, 0.1) is 0 Å². The van der Waals surface area contributed by atoms with Crippen molar-refractivity contribution in [2.45, 2.75) is 71.1 Å². The highest BCUT2D eigenvalue weighted by atomic mass is 15.0. The van der Waals surface area contributed by atoms with Gasteiger partial charge in [0.05, 0.1) is 22.1 Å². The Labute approximate surface area is 252 Å². The van der Waals surface area contributed by atoms with Crippen LogP contribution in [0.2, 0.25) is 0 Å². The molecule has 1 aliphatic heterocycles. The average molecular weight is 553 g/mol. The van der Waals surface area contributed by atoms with Gasteiger partial charge in [0.1, 0.15) is 7.05 Å². The van der Waals surface area contributed by atoms with Gasteiger partial charge in [-0.05, 0) is 71.7 Å². The van der Waals surface area contributed by atoms with Crippen molar-refractivity contribution in [1.82, 2.24) is 0 Å². The second kappa shape index (κ2) is 11.7. The highest BCUT2D eigenvalue weighted by molar-refractivity contribution is 5.95. The van der Waals surface area contributed by atoms with E-state index in [1.807, 2.05) is 0 Å². The molecule has 0 saturated carbocycles. The van der Waals surface area contributed by atoms with Gasteiger partial charge in [-0.25, -0.2) is 4.57 Å². The predicted molar refractivity (Wildman–Crippen MR) is 176 cm³/mol. The molecule has 42 heavy (non-hydrogen) atoms. The minimum absolute atomic E-state index is 0.111. The maximum Gasteiger partial charge on any atom is 0.226 e. The molecule has 0 amide bonds. The molecule has 5 aromatic rings. The van der Waals surface area contributed by atoms with Crippen LogP contribution in [0.4, 0.5) is 0 Å². The fourth-order valence-corrected chi connectivity index (χ4v) is 7.06. The van der Waals surface area contributed by atoms with E-state index in [1.165, 1.54) is 74.9 Å². The molecule has 2 unspecified atom stereocenters. The minimum atomic E-state index is -0.111. The van der Waals surface area contributed by atoms with E-state index in [0.717, 1.165) is 12.8 Å². The van der Waals surface area contributed by atoms with Crippen molar-refractivity contribution in [3.8, 4) is 22.5 Å². The van der Waals surface area contributed by atoms with Crippen molar-refractivity contribution in [3.05, 3.63) is 126 Å². The van der Waals surface area contributed by atoms with Crippen LogP contribution < -0.4 is 9.13 Å². The Hall–Kier alpha value is -4.04. The number of fused-ring (bicyclic) bond motifs is 5. The molecule has 1 aliphatic rings. The van der Waals surface area contributed by atoms with Crippen molar-refractivity contribution in [2.75, 3.05) is 0 Å². The lowest BCUT2D eigenvalue weighted by molar-refractivity contribution is -0.660. The molecule has 0 bridgehead atoms. The van der Waals surface area contributed by atoms with Crippen molar-refractivity contribution in [3.63, 3.8) is 0 Å². The van der Waals surface area contributed by atoms with Gasteiger partial charge in [0, 0.05) is 23.6 Å². The van der Waals surface area contributed by atoms with Crippen molar-refractivity contribution in [1.29, 1.82) is 0 Å². The van der Waals surface area contributed by atoms with Gasteiger partial charge in [-0.15, -0.1) is 0 Å². The lowest BCUT2D eigenvalue weighted by Gasteiger charge is -2.26. The lowest BCUT2D eigenvalue weighted by Crippen LogP contribution is -2.36. The number of allylic oxidation sites excluding steroid dienone is 1. The Bertz CT molecular complexity index is 1780. The number of nitrogens with zero attached hydrogens (tertiary/aromatic N) is 2. The van der Waals surface area contributed by atoms with E-state index in [4.69, 9.17) is 0 Å². The zero-order valence-electron chi connectivity index (χ0n) is 25.9. The summed E-state index contributed by atoms with van der Waals surface area (Å²) >= 11 is 0. The molecule has 0 N–H and O–H groups in total. The van der Waals surface area contributed by atoms with Gasteiger partial charge in [0.2, 0.25) is 17.1 Å². The number of pyridine rings is 2. The predicted octanol–water partition coefficient (Wildman–Crippen LogP) is 9.54. The molecule has 0 aliphatic carbocycles. The van der Waals surface area contributed by atoms with E-state index >= 15 is 0 Å². The van der Waals surface area contributed by atoms with Gasteiger partial charge in [-0.1, -0.05) is 89.4 Å². The van der Waals surface area contributed by atoms with Crippen LogP contribution in [-0.2, 0) is 12.5 Å². The van der Waals surface area contributed by atoms with Crippen molar-refractivity contribution < 1.29 is 9.13 Å². The van der Waals surface area contributed by atoms with E-state index in [2.05, 4.69) is 153 Å². The summed E-state index contributed by atoms with van der Waals surface area (Å²) in [5.74, 6) is 0.565. The van der Waals surface area contributed by atoms with E-state index in [0.29, 0.717) is 5.92 Å². The number of aryl methyl sites for hydroxylation is 1. The molecule has 0 spiro atoms. The molecule has 212 valence electrons. The SMILES string of the molecule is CCCCC(C)c1ccc2c3[n+](ccc2c1)C(c1ccccc1-c1cccc[n+]1C)=CC(C)(CCC)c1ccccc1-3. The zero-order chi connectivity index (χ0) is 29.3. The van der Waals surface area contributed by atoms with E-state index in [9.17, 15) is 0 Å². The normalized spacial score (nSPS) is 16.8. The van der Waals surface area contributed by atoms with Crippen LogP contribution in [-0.4, -0.2) is 0 Å². The second-order valence-electron chi connectivity index (χ2n) is 12.4. The molecule has 2 aromatic heterocycles. The summed E-state index contributed by atoms with van der Waals surface area (Å²) < 4.78 is 4.70. The van der Waals surface area contributed by atoms with Crippen LogP contribution in [0.5, 0.6) is 0 Å². The number of unbranched alkanes of at least 4 members (excludes halogenated alkanes) is 1. The molecule has 0 radical (unpaired) electrons. The second-order valence-corrected chi connectivity index (χ2v) is 12.4. The van der Waals surface area contributed by atoms with Crippen molar-refractivity contribution >= 4 is 16.5 Å². The Morgan fingerprint density at radius 1 is 0.762 bits per heavy atom. The minimum Gasteiger partial charge on any atom is -0.201 e. The van der Waals surface area contributed by atoms with E-state index in [-0.39, 0.29) is 5.41 Å². The molecule has 0 saturated heterocycles. The molecule has 6 rings (SSSR count). The molecular weight excluding hydrogens is 508 g/mol. The first-order valence-corrected chi connectivity index (χ1v) is 15.8. The Balaban J connectivity index is 1.66. The van der Waals surface area contributed by atoms with Gasteiger partial charge in [-0.2, -0.15) is 4.57 Å². The first kappa shape index (κ1) is 28.1. The van der Waals surface area contributed by atoms with E-state index in [1.54, 1.807) is 0 Å². The van der Waals surface area contributed by atoms with Gasteiger partial charge in [-0.3, -0.25) is 0 Å². The number of hydrogen-bond acceptors (Lipinski definition) is 0. The fraction of sp³-hybridized carbons (Fsp3) is 0.300. The highest BCUT2D eigenvalue weighted by Crippen LogP contribution is 2.44. The Morgan fingerprint density at radius 3 is 2.26 bits per heavy atom. The summed E-state index contributed by atoms with van der Waals surface area (Å²) in [6.07, 6.45) is 13.0. The van der Waals surface area contributed by atoms with Gasteiger partial charge in [0.15, 0.2) is 12.4 Å². The lowest BCUT2D eigenvalue weighted by atomic mass is 9.75. The Kier molecular flexibility index (Phi) is 7.82. The van der Waals surface area contributed by atoms with Crippen LogP contribution in [0.3, 0.4) is 0 Å². The highest BCUT2D eigenvalue weighted by Gasteiger charge is 2.38. The summed E-state index contributed by atoms with van der Waals surface area (Å²) in [6.45, 7) is 9.40. The third kappa shape index (κ3) is 4.98. The monoisotopic (exact) mass is 552 g/mol. The fourth-order valence-electron chi connectivity index (χ4n) is 7.06. The molecule has 0 fully saturated rings. The number of benzene rings is 3. The van der Waals surface area contributed by atoms with Gasteiger partial charge < -0.3 is 0 Å². The summed E-state index contributed by atoms with van der Waals surface area (Å²) in [4.78, 5) is 0. The molecular formula is C40H44N2+2. The average Bonchev–Trinajstić information content (AvgIpc) is 3.12. The molecule has 2 nitrogen and oxygen atoms in total. The standard InChI is InChI=1S/C40H44N2/c1-6-8-15-29(3)30-21-22-32-31(27-30)23-26-42-38(34-17-10-9-16-33(34)37-20-13-14-25-41(37)5)28-40(4,24-7-2)36-19-12-11-18-35(36)39(32)42/h9-14,16-23,25-29H,6-8,15,24H2,1-5H3/q+2. The summed E-state index contributed by atoms with van der Waals surface area (Å²) in [5, 5.41) is 2.63. The first-order chi connectivity index (χ1) is 20.4. The summed E-state index contributed by atoms with van der Waals surface area (Å²) in [6, 6.07) is 34.0. The molecule has 3 aromatic carbocycles. The number of rotatable bonds is 8. The maximum absolute atomic E-state index is 2.56. The quantitative estimate of drug-likeness (QED) is 0.169. The maximum atomic E-state index is 2.56. The number of aromatic nitrogens is 2. The number of hydrogen-bond donors (Lipinski definition) is 0. The molecule has 3 heterocycles. The summed E-state index contributed by atoms with van der Waals surface area (Å²) in [5.41, 5.74) is 10.3. The zero-order valence-corrected chi connectivity index (χ0v) is 25.9. The summed E-state index contributed by atoms with van der Waals surface area (Å²) in [7, 11) is 2.14. The topological polar surface area (TPSA) is 7.76 Å². The third-order valence-electron chi connectivity index (χ3n) is 9.35. The third-order valence-corrected chi connectivity index (χ3v) is 9.35.